The number of rotatable bonds is 3. The van der Waals surface area contributed by atoms with E-state index in [2.05, 4.69) is 0 Å². The SMILES string of the molecule is CC(=O)OC(C)=Cc1cccc([N+](=O)[O-])c1. The number of allylic oxidation sites excluding steroid dienone is 1. The van der Waals surface area contributed by atoms with Crippen LogP contribution < -0.4 is 0 Å². The molecule has 0 fully saturated rings. The van der Waals surface area contributed by atoms with Gasteiger partial charge in [-0.1, -0.05) is 12.1 Å². The van der Waals surface area contributed by atoms with Crippen LogP contribution in [0.2, 0.25) is 0 Å². The summed E-state index contributed by atoms with van der Waals surface area (Å²) in [6.45, 7) is 2.91. The Hall–Kier alpha value is -2.17. The number of nitrogens with zero attached hydrogens (tertiary/aromatic N) is 1. The Morgan fingerprint density at radius 3 is 2.69 bits per heavy atom. The minimum atomic E-state index is -0.474. The number of nitro benzene ring substituents is 1. The summed E-state index contributed by atoms with van der Waals surface area (Å²) in [5, 5.41) is 10.5. The zero-order valence-electron chi connectivity index (χ0n) is 8.97. The van der Waals surface area contributed by atoms with Crippen molar-refractivity contribution in [2.75, 3.05) is 0 Å². The van der Waals surface area contributed by atoms with Crippen LogP contribution in [-0.4, -0.2) is 10.9 Å². The molecule has 0 bridgehead atoms. The van der Waals surface area contributed by atoms with E-state index in [0.29, 0.717) is 11.3 Å². The molecule has 0 saturated carbocycles. The van der Waals surface area contributed by atoms with Crippen LogP contribution in [0, 0.1) is 10.1 Å². The molecule has 0 heterocycles. The first-order valence-electron chi connectivity index (χ1n) is 4.60. The molecule has 16 heavy (non-hydrogen) atoms. The van der Waals surface area contributed by atoms with Gasteiger partial charge in [0.1, 0.15) is 5.76 Å². The van der Waals surface area contributed by atoms with Crippen molar-refractivity contribution in [2.24, 2.45) is 0 Å². The third-order valence-corrected chi connectivity index (χ3v) is 1.76. The van der Waals surface area contributed by atoms with E-state index in [4.69, 9.17) is 4.74 Å². The van der Waals surface area contributed by atoms with Gasteiger partial charge in [-0.15, -0.1) is 0 Å². The summed E-state index contributed by atoms with van der Waals surface area (Å²) in [7, 11) is 0. The van der Waals surface area contributed by atoms with E-state index >= 15 is 0 Å². The maximum atomic E-state index is 10.6. The lowest BCUT2D eigenvalue weighted by Crippen LogP contribution is -1.95. The first-order valence-corrected chi connectivity index (χ1v) is 4.60. The van der Waals surface area contributed by atoms with Gasteiger partial charge in [-0.05, 0) is 18.6 Å². The molecule has 5 nitrogen and oxygen atoms in total. The third kappa shape index (κ3) is 3.53. The smallest absolute Gasteiger partial charge is 0.307 e. The zero-order chi connectivity index (χ0) is 12.1. The van der Waals surface area contributed by atoms with E-state index in [1.54, 1.807) is 25.1 Å². The first kappa shape index (κ1) is 11.9. The molecule has 0 aliphatic carbocycles. The summed E-state index contributed by atoms with van der Waals surface area (Å²) in [5.41, 5.74) is 0.623. The predicted octanol–water partition coefficient (Wildman–Crippen LogP) is 2.52. The Labute approximate surface area is 92.5 Å². The van der Waals surface area contributed by atoms with Gasteiger partial charge in [-0.25, -0.2) is 0 Å². The van der Waals surface area contributed by atoms with Crippen LogP contribution in [0.25, 0.3) is 6.08 Å². The molecule has 0 saturated heterocycles. The standard InChI is InChI=1S/C11H11NO4/c1-8(16-9(2)13)6-10-4-3-5-11(7-10)12(14)15/h3-7H,1-2H3. The van der Waals surface area contributed by atoms with Gasteiger partial charge in [0.15, 0.2) is 0 Å². The lowest BCUT2D eigenvalue weighted by atomic mass is 10.2. The first-order chi connectivity index (χ1) is 7.49. The molecule has 0 aliphatic heterocycles. The highest BCUT2D eigenvalue weighted by atomic mass is 16.6. The van der Waals surface area contributed by atoms with E-state index in [-0.39, 0.29) is 5.69 Å². The summed E-state index contributed by atoms with van der Waals surface area (Å²) in [5.74, 6) is -0.0211. The van der Waals surface area contributed by atoms with Crippen LogP contribution in [0.15, 0.2) is 30.0 Å². The quantitative estimate of drug-likeness (QED) is 0.340. The monoisotopic (exact) mass is 221 g/mol. The molecule has 0 amide bonds. The summed E-state index contributed by atoms with van der Waals surface area (Å²) in [6, 6.07) is 6.08. The molecule has 0 spiro atoms. The van der Waals surface area contributed by atoms with Crippen LogP contribution in [-0.2, 0) is 9.53 Å². The van der Waals surface area contributed by atoms with Crippen LogP contribution >= 0.6 is 0 Å². The Balaban J connectivity index is 2.92. The third-order valence-electron chi connectivity index (χ3n) is 1.76. The fourth-order valence-electron chi connectivity index (χ4n) is 1.22. The second kappa shape index (κ2) is 5.06. The Kier molecular flexibility index (Phi) is 3.77. The van der Waals surface area contributed by atoms with Crippen LogP contribution in [0.3, 0.4) is 0 Å². The lowest BCUT2D eigenvalue weighted by molar-refractivity contribution is -0.384. The van der Waals surface area contributed by atoms with E-state index in [1.807, 2.05) is 0 Å². The normalized spacial score (nSPS) is 11.0. The number of hydrogen-bond acceptors (Lipinski definition) is 4. The van der Waals surface area contributed by atoms with Crippen LogP contribution in [0.1, 0.15) is 19.4 Å². The highest BCUT2D eigenvalue weighted by Crippen LogP contribution is 2.15. The highest BCUT2D eigenvalue weighted by molar-refractivity contribution is 5.68. The van der Waals surface area contributed by atoms with Gasteiger partial charge in [-0.3, -0.25) is 14.9 Å². The van der Waals surface area contributed by atoms with Gasteiger partial charge in [0, 0.05) is 19.1 Å². The molecule has 0 unspecified atom stereocenters. The summed E-state index contributed by atoms with van der Waals surface area (Å²) >= 11 is 0. The summed E-state index contributed by atoms with van der Waals surface area (Å²) in [6.07, 6.45) is 1.56. The van der Waals surface area contributed by atoms with E-state index in [9.17, 15) is 14.9 Å². The maximum Gasteiger partial charge on any atom is 0.307 e. The number of non-ortho nitro benzene ring substituents is 1. The zero-order valence-corrected chi connectivity index (χ0v) is 8.97. The number of benzene rings is 1. The second-order valence-corrected chi connectivity index (χ2v) is 3.20. The van der Waals surface area contributed by atoms with Crippen molar-refractivity contribution in [1.82, 2.24) is 0 Å². The Morgan fingerprint density at radius 1 is 1.44 bits per heavy atom. The lowest BCUT2D eigenvalue weighted by Gasteiger charge is -2.00. The maximum absolute atomic E-state index is 10.6. The van der Waals surface area contributed by atoms with Gasteiger partial charge < -0.3 is 4.74 Å². The molecule has 1 aromatic rings. The van der Waals surface area contributed by atoms with E-state index in [0.717, 1.165) is 0 Å². The number of hydrogen-bond donors (Lipinski definition) is 0. The topological polar surface area (TPSA) is 69.4 Å². The van der Waals surface area contributed by atoms with Crippen molar-refractivity contribution < 1.29 is 14.5 Å². The summed E-state index contributed by atoms with van der Waals surface area (Å²) in [4.78, 5) is 20.7. The molecule has 5 heteroatoms. The average Bonchev–Trinajstić information content (AvgIpc) is 2.16. The number of esters is 1. The molecule has 0 N–H and O–H groups in total. The largest absolute Gasteiger partial charge is 0.432 e. The van der Waals surface area contributed by atoms with Gasteiger partial charge >= 0.3 is 5.97 Å². The van der Waals surface area contributed by atoms with Crippen LogP contribution in [0.5, 0.6) is 0 Å². The molecule has 0 aromatic heterocycles. The van der Waals surface area contributed by atoms with Crippen molar-refractivity contribution in [1.29, 1.82) is 0 Å². The van der Waals surface area contributed by atoms with Crippen molar-refractivity contribution in [2.45, 2.75) is 13.8 Å². The van der Waals surface area contributed by atoms with Crippen molar-refractivity contribution in [3.05, 3.63) is 45.7 Å². The molecule has 1 rings (SSSR count). The Morgan fingerprint density at radius 2 is 2.12 bits per heavy atom. The predicted molar refractivity (Wildman–Crippen MR) is 58.5 cm³/mol. The molecule has 1 aromatic carbocycles. The van der Waals surface area contributed by atoms with Gasteiger partial charge in [-0.2, -0.15) is 0 Å². The van der Waals surface area contributed by atoms with Crippen molar-refractivity contribution in [3.63, 3.8) is 0 Å². The minimum Gasteiger partial charge on any atom is -0.432 e. The molecular weight excluding hydrogens is 210 g/mol. The summed E-state index contributed by atoms with van der Waals surface area (Å²) < 4.78 is 4.81. The number of nitro groups is 1. The molecular formula is C11H11NO4. The molecule has 84 valence electrons. The van der Waals surface area contributed by atoms with Gasteiger partial charge in [0.25, 0.3) is 5.69 Å². The van der Waals surface area contributed by atoms with E-state index in [1.165, 1.54) is 19.1 Å². The average molecular weight is 221 g/mol. The Bertz CT molecular complexity index is 451. The number of carbonyl (C=O) groups excluding carboxylic acids is 1. The van der Waals surface area contributed by atoms with Crippen LogP contribution in [0.4, 0.5) is 5.69 Å². The minimum absolute atomic E-state index is 0.00405. The van der Waals surface area contributed by atoms with Gasteiger partial charge in [0.05, 0.1) is 4.92 Å². The molecule has 0 aliphatic rings. The number of ether oxygens (including phenoxy) is 1. The van der Waals surface area contributed by atoms with Gasteiger partial charge in [0.2, 0.25) is 0 Å². The molecule has 0 radical (unpaired) electrons. The van der Waals surface area contributed by atoms with Crippen molar-refractivity contribution >= 4 is 17.7 Å². The van der Waals surface area contributed by atoms with Crippen molar-refractivity contribution in [3.8, 4) is 0 Å². The highest BCUT2D eigenvalue weighted by Gasteiger charge is 2.04. The van der Waals surface area contributed by atoms with E-state index < -0.39 is 10.9 Å². The second-order valence-electron chi connectivity index (χ2n) is 3.20. The molecule has 0 atom stereocenters. The number of carbonyl (C=O) groups is 1. The fourth-order valence-corrected chi connectivity index (χ4v) is 1.22. The fraction of sp³-hybridized carbons (Fsp3) is 0.182.